The topological polar surface area (TPSA) is 63.6 Å². The molecule has 0 aliphatic carbocycles. The third kappa shape index (κ3) is 3.67. The molecule has 0 bridgehead atoms. The molecule has 0 aromatic heterocycles. The quantitative estimate of drug-likeness (QED) is 0.649. The standard InChI is InChI=1S/C11H14O4S/c1-8(2)7-15-10-4-9(3)5-11(6-10)16(12,13)14/h4-6H,1,7H2,2-3H3,(H,12,13,14). The van der Waals surface area contributed by atoms with Crippen LogP contribution in [-0.2, 0) is 10.1 Å². The molecule has 0 spiro atoms. The van der Waals surface area contributed by atoms with Crippen LogP contribution >= 0.6 is 0 Å². The highest BCUT2D eigenvalue weighted by Gasteiger charge is 2.11. The summed E-state index contributed by atoms with van der Waals surface area (Å²) in [6.45, 7) is 7.51. The summed E-state index contributed by atoms with van der Waals surface area (Å²) in [4.78, 5) is -0.163. The first-order valence-corrected chi connectivity index (χ1v) is 6.09. The van der Waals surface area contributed by atoms with Gasteiger partial charge < -0.3 is 4.74 Å². The molecule has 0 saturated heterocycles. The summed E-state index contributed by atoms with van der Waals surface area (Å²) in [7, 11) is -4.19. The van der Waals surface area contributed by atoms with E-state index in [0.717, 1.165) is 5.57 Å². The third-order valence-corrected chi connectivity index (χ3v) is 2.64. The summed E-state index contributed by atoms with van der Waals surface area (Å²) >= 11 is 0. The van der Waals surface area contributed by atoms with Crippen LogP contribution < -0.4 is 4.74 Å². The first-order valence-electron chi connectivity index (χ1n) is 4.65. The second kappa shape index (κ2) is 4.67. The van der Waals surface area contributed by atoms with E-state index in [4.69, 9.17) is 9.29 Å². The van der Waals surface area contributed by atoms with E-state index in [1.807, 2.05) is 0 Å². The number of hydrogen-bond donors (Lipinski definition) is 1. The summed E-state index contributed by atoms with van der Waals surface area (Å²) in [6.07, 6.45) is 0. The number of benzene rings is 1. The Morgan fingerprint density at radius 2 is 2.06 bits per heavy atom. The lowest BCUT2D eigenvalue weighted by molar-refractivity contribution is 0.351. The van der Waals surface area contributed by atoms with Crippen molar-refractivity contribution < 1.29 is 17.7 Å². The van der Waals surface area contributed by atoms with Gasteiger partial charge in [-0.25, -0.2) is 0 Å². The average Bonchev–Trinajstić information content (AvgIpc) is 2.12. The van der Waals surface area contributed by atoms with Gasteiger partial charge in [0.1, 0.15) is 12.4 Å². The molecule has 1 N–H and O–H groups in total. The highest BCUT2D eigenvalue weighted by Crippen LogP contribution is 2.20. The third-order valence-electron chi connectivity index (χ3n) is 1.81. The first-order chi connectivity index (χ1) is 7.29. The number of ether oxygens (including phenoxy) is 1. The first kappa shape index (κ1) is 12.7. The van der Waals surface area contributed by atoms with Gasteiger partial charge in [-0.2, -0.15) is 8.42 Å². The molecule has 0 heterocycles. The van der Waals surface area contributed by atoms with Crippen molar-refractivity contribution in [2.75, 3.05) is 6.61 Å². The lowest BCUT2D eigenvalue weighted by atomic mass is 10.2. The molecule has 0 saturated carbocycles. The smallest absolute Gasteiger partial charge is 0.294 e. The normalized spacial score (nSPS) is 11.2. The van der Waals surface area contributed by atoms with Gasteiger partial charge >= 0.3 is 0 Å². The van der Waals surface area contributed by atoms with Gasteiger partial charge in [-0.05, 0) is 37.1 Å². The monoisotopic (exact) mass is 242 g/mol. The largest absolute Gasteiger partial charge is 0.489 e. The maximum absolute atomic E-state index is 11.0. The molecule has 0 radical (unpaired) electrons. The molecule has 1 rings (SSSR count). The zero-order chi connectivity index (χ0) is 12.3. The van der Waals surface area contributed by atoms with Crippen LogP contribution in [-0.4, -0.2) is 19.6 Å². The van der Waals surface area contributed by atoms with Gasteiger partial charge in [-0.15, -0.1) is 0 Å². The van der Waals surface area contributed by atoms with E-state index >= 15 is 0 Å². The summed E-state index contributed by atoms with van der Waals surface area (Å²) in [5, 5.41) is 0. The molecule has 1 aromatic carbocycles. The maximum Gasteiger partial charge on any atom is 0.294 e. The Labute approximate surface area is 95.3 Å². The molecule has 0 atom stereocenters. The molecular weight excluding hydrogens is 228 g/mol. The average molecular weight is 242 g/mol. The van der Waals surface area contributed by atoms with Crippen LogP contribution in [0.1, 0.15) is 12.5 Å². The van der Waals surface area contributed by atoms with E-state index in [1.165, 1.54) is 12.1 Å². The van der Waals surface area contributed by atoms with Crippen LogP contribution in [0, 0.1) is 6.92 Å². The van der Waals surface area contributed by atoms with Crippen LogP contribution in [0.3, 0.4) is 0 Å². The fraction of sp³-hybridized carbons (Fsp3) is 0.273. The second-order valence-corrected chi connectivity index (χ2v) is 5.12. The molecule has 0 aliphatic rings. The molecule has 0 amide bonds. The number of hydrogen-bond acceptors (Lipinski definition) is 3. The highest BCUT2D eigenvalue weighted by molar-refractivity contribution is 7.85. The number of rotatable bonds is 4. The summed E-state index contributed by atoms with van der Waals surface area (Å²) in [5.41, 5.74) is 1.53. The molecule has 88 valence electrons. The van der Waals surface area contributed by atoms with Gasteiger partial charge in [0.2, 0.25) is 0 Å². The van der Waals surface area contributed by atoms with Crippen LogP contribution in [0.5, 0.6) is 5.75 Å². The molecule has 0 aliphatic heterocycles. The minimum absolute atomic E-state index is 0.163. The van der Waals surface area contributed by atoms with Gasteiger partial charge in [0.05, 0.1) is 4.90 Å². The van der Waals surface area contributed by atoms with Crippen molar-refractivity contribution in [3.05, 3.63) is 35.9 Å². The van der Waals surface area contributed by atoms with Crippen molar-refractivity contribution in [2.24, 2.45) is 0 Å². The fourth-order valence-electron chi connectivity index (χ4n) is 1.15. The Morgan fingerprint density at radius 1 is 1.44 bits per heavy atom. The minimum Gasteiger partial charge on any atom is -0.489 e. The van der Waals surface area contributed by atoms with Crippen molar-refractivity contribution in [1.82, 2.24) is 0 Å². The summed E-state index contributed by atoms with van der Waals surface area (Å²) < 4.78 is 36.1. The molecule has 0 unspecified atom stereocenters. The molecule has 1 aromatic rings. The van der Waals surface area contributed by atoms with Crippen molar-refractivity contribution in [1.29, 1.82) is 0 Å². The van der Waals surface area contributed by atoms with E-state index in [0.29, 0.717) is 17.9 Å². The molecule has 0 fully saturated rings. The number of aryl methyl sites for hydroxylation is 1. The van der Waals surface area contributed by atoms with Crippen molar-refractivity contribution in [3.8, 4) is 5.75 Å². The Hall–Kier alpha value is -1.33. The SMILES string of the molecule is C=C(C)COc1cc(C)cc(S(=O)(=O)O)c1. The molecular formula is C11H14O4S. The highest BCUT2D eigenvalue weighted by atomic mass is 32.2. The van der Waals surface area contributed by atoms with Crippen molar-refractivity contribution >= 4 is 10.1 Å². The summed E-state index contributed by atoms with van der Waals surface area (Å²) in [6, 6.07) is 4.35. The van der Waals surface area contributed by atoms with Gasteiger partial charge in [-0.1, -0.05) is 6.58 Å². The Balaban J connectivity index is 3.04. The summed E-state index contributed by atoms with van der Waals surface area (Å²) in [5.74, 6) is 0.399. The molecule has 5 heteroatoms. The zero-order valence-electron chi connectivity index (χ0n) is 9.23. The lowest BCUT2D eigenvalue weighted by Crippen LogP contribution is -2.02. The Morgan fingerprint density at radius 3 is 2.56 bits per heavy atom. The Kier molecular flexibility index (Phi) is 3.72. The van der Waals surface area contributed by atoms with Crippen molar-refractivity contribution in [2.45, 2.75) is 18.7 Å². The van der Waals surface area contributed by atoms with Crippen LogP contribution in [0.4, 0.5) is 0 Å². The van der Waals surface area contributed by atoms with E-state index in [1.54, 1.807) is 19.9 Å². The van der Waals surface area contributed by atoms with Gasteiger partial charge in [-0.3, -0.25) is 4.55 Å². The predicted octanol–water partition coefficient (Wildman–Crippen LogP) is 2.20. The van der Waals surface area contributed by atoms with Crippen LogP contribution in [0.15, 0.2) is 35.2 Å². The van der Waals surface area contributed by atoms with Gasteiger partial charge in [0.25, 0.3) is 10.1 Å². The van der Waals surface area contributed by atoms with Gasteiger partial charge in [0.15, 0.2) is 0 Å². The van der Waals surface area contributed by atoms with Crippen LogP contribution in [0.2, 0.25) is 0 Å². The minimum atomic E-state index is -4.19. The van der Waals surface area contributed by atoms with Gasteiger partial charge in [0, 0.05) is 6.07 Å². The molecule has 16 heavy (non-hydrogen) atoms. The van der Waals surface area contributed by atoms with E-state index in [9.17, 15) is 8.42 Å². The van der Waals surface area contributed by atoms with E-state index in [-0.39, 0.29) is 4.90 Å². The molecule has 4 nitrogen and oxygen atoms in total. The van der Waals surface area contributed by atoms with E-state index < -0.39 is 10.1 Å². The van der Waals surface area contributed by atoms with Crippen molar-refractivity contribution in [3.63, 3.8) is 0 Å². The van der Waals surface area contributed by atoms with Crippen LogP contribution in [0.25, 0.3) is 0 Å². The maximum atomic E-state index is 11.0. The predicted molar refractivity (Wildman–Crippen MR) is 61.3 cm³/mol. The second-order valence-electron chi connectivity index (χ2n) is 3.70. The lowest BCUT2D eigenvalue weighted by Gasteiger charge is -2.08. The Bertz CT molecular complexity index is 503. The zero-order valence-corrected chi connectivity index (χ0v) is 10.0. The fourth-order valence-corrected chi connectivity index (χ4v) is 1.75. The van der Waals surface area contributed by atoms with E-state index in [2.05, 4.69) is 6.58 Å².